The molecule has 0 aliphatic rings. The molecule has 0 aliphatic carbocycles. The van der Waals surface area contributed by atoms with Crippen LogP contribution in [0.25, 0.3) is 0 Å². The van der Waals surface area contributed by atoms with Crippen LogP contribution in [0, 0.1) is 0 Å². The highest BCUT2D eigenvalue weighted by molar-refractivity contribution is 5.71. The molecule has 380 valence electrons. The summed E-state index contributed by atoms with van der Waals surface area (Å²) in [5, 5.41) is 0. The Morgan fingerprint density at radius 3 is 0.910 bits per heavy atom. The second kappa shape index (κ2) is 54.7. The zero-order chi connectivity index (χ0) is 48.6. The molecule has 0 N–H and O–H groups in total. The zero-order valence-electron chi connectivity index (χ0n) is 43.4. The molecule has 0 saturated carbocycles. The molecule has 0 aromatic rings. The van der Waals surface area contributed by atoms with Gasteiger partial charge in [-0.3, -0.25) is 14.4 Å². The lowest BCUT2D eigenvalue weighted by atomic mass is 10.1. The summed E-state index contributed by atoms with van der Waals surface area (Å²) >= 11 is 0. The summed E-state index contributed by atoms with van der Waals surface area (Å²) < 4.78 is 16.8. The number of hydrogen-bond acceptors (Lipinski definition) is 6. The number of ether oxygens (including phenoxy) is 3. The molecule has 0 unspecified atom stereocenters. The topological polar surface area (TPSA) is 78.9 Å². The van der Waals surface area contributed by atoms with Gasteiger partial charge in [-0.2, -0.15) is 0 Å². The Balaban J connectivity index is 4.47. The van der Waals surface area contributed by atoms with Crippen molar-refractivity contribution in [3.8, 4) is 0 Å². The average molecular weight is 929 g/mol. The minimum absolute atomic E-state index is 0.110. The maximum atomic E-state index is 12.8. The van der Waals surface area contributed by atoms with Crippen molar-refractivity contribution in [3.63, 3.8) is 0 Å². The molecule has 0 saturated heterocycles. The predicted octanol–water partition coefficient (Wildman–Crippen LogP) is 18.3. The van der Waals surface area contributed by atoms with Crippen molar-refractivity contribution in [3.05, 3.63) is 109 Å². The van der Waals surface area contributed by atoms with Crippen molar-refractivity contribution in [2.75, 3.05) is 13.2 Å². The Labute approximate surface area is 412 Å². The van der Waals surface area contributed by atoms with Gasteiger partial charge in [-0.1, -0.05) is 201 Å². The quantitative estimate of drug-likeness (QED) is 0.0262. The van der Waals surface area contributed by atoms with Crippen molar-refractivity contribution in [2.45, 2.75) is 245 Å². The molecule has 0 amide bonds. The van der Waals surface area contributed by atoms with Crippen LogP contribution >= 0.6 is 0 Å². The van der Waals surface area contributed by atoms with Crippen molar-refractivity contribution >= 4 is 17.9 Å². The smallest absolute Gasteiger partial charge is 0.306 e. The minimum atomic E-state index is -0.810. The Kier molecular flexibility index (Phi) is 51.5. The lowest BCUT2D eigenvalue weighted by molar-refractivity contribution is -0.167. The number of unbranched alkanes of at least 4 members (excludes halogenated alkanes) is 19. The van der Waals surface area contributed by atoms with Crippen LogP contribution in [0.3, 0.4) is 0 Å². The first kappa shape index (κ1) is 63.1. The van der Waals surface area contributed by atoms with Crippen LogP contribution in [0.4, 0.5) is 0 Å². The Morgan fingerprint density at radius 2 is 0.552 bits per heavy atom. The molecule has 0 aromatic heterocycles. The van der Waals surface area contributed by atoms with Crippen LogP contribution in [-0.2, 0) is 28.6 Å². The van der Waals surface area contributed by atoms with Gasteiger partial charge < -0.3 is 14.2 Å². The molecule has 0 bridgehead atoms. The summed E-state index contributed by atoms with van der Waals surface area (Å²) in [4.78, 5) is 38.0. The first-order chi connectivity index (χ1) is 33.0. The fraction of sp³-hybridized carbons (Fsp3) is 0.656. The van der Waals surface area contributed by atoms with E-state index in [2.05, 4.69) is 130 Å². The number of esters is 3. The van der Waals surface area contributed by atoms with Crippen molar-refractivity contribution in [2.24, 2.45) is 0 Å². The molecule has 0 heterocycles. The molecule has 0 rings (SSSR count). The number of carbonyl (C=O) groups is 3. The van der Waals surface area contributed by atoms with Gasteiger partial charge in [0.05, 0.1) is 0 Å². The van der Waals surface area contributed by atoms with Crippen molar-refractivity contribution in [1.82, 2.24) is 0 Å². The molecular formula is C61H100O6. The maximum Gasteiger partial charge on any atom is 0.306 e. The van der Waals surface area contributed by atoms with Crippen LogP contribution in [0.1, 0.15) is 239 Å². The van der Waals surface area contributed by atoms with Crippen LogP contribution in [0.5, 0.6) is 0 Å². The first-order valence-electron chi connectivity index (χ1n) is 27.4. The highest BCUT2D eigenvalue weighted by Gasteiger charge is 2.19. The van der Waals surface area contributed by atoms with Gasteiger partial charge in [0.1, 0.15) is 13.2 Å². The molecule has 67 heavy (non-hydrogen) atoms. The van der Waals surface area contributed by atoms with E-state index < -0.39 is 6.10 Å². The molecule has 0 spiro atoms. The van der Waals surface area contributed by atoms with Gasteiger partial charge in [0.2, 0.25) is 0 Å². The Morgan fingerprint density at radius 1 is 0.299 bits per heavy atom. The first-order valence-corrected chi connectivity index (χ1v) is 27.4. The lowest BCUT2D eigenvalue weighted by Gasteiger charge is -2.18. The molecule has 6 heteroatoms. The van der Waals surface area contributed by atoms with Crippen LogP contribution < -0.4 is 0 Å². The maximum absolute atomic E-state index is 12.8. The van der Waals surface area contributed by atoms with Crippen molar-refractivity contribution < 1.29 is 28.6 Å². The summed E-state index contributed by atoms with van der Waals surface area (Å²) in [6, 6.07) is 0. The highest BCUT2D eigenvalue weighted by Crippen LogP contribution is 2.12. The lowest BCUT2D eigenvalue weighted by Crippen LogP contribution is -2.30. The molecular weight excluding hydrogens is 829 g/mol. The number of hydrogen-bond donors (Lipinski definition) is 0. The average Bonchev–Trinajstić information content (AvgIpc) is 3.33. The standard InChI is InChI=1S/C61H100O6/c1-4-7-10-13-16-19-22-24-26-28-30-32-34-36-39-41-44-47-50-53-59(62)65-56-58(67-61(64)55-52-49-46-43-38-21-18-15-12-9-6-3)57-66-60(63)54-51-48-45-42-40-37-35-33-31-29-27-25-23-20-17-14-11-8-5-2/h15-20,24-27,30-33,36-37,39-40,58H,4-14,21-23,28-29,34-35,38,41-57H2,1-3H3/b18-15-,19-16-,20-17-,26-24-,27-25-,32-30-,33-31-,39-36-,40-37-. The molecule has 0 radical (unpaired) electrons. The summed E-state index contributed by atoms with van der Waals surface area (Å²) in [6.07, 6.45) is 73.6. The van der Waals surface area contributed by atoms with Gasteiger partial charge in [0, 0.05) is 19.3 Å². The molecule has 0 fully saturated rings. The Hall–Kier alpha value is -3.93. The van der Waals surface area contributed by atoms with Crippen LogP contribution in [0.2, 0.25) is 0 Å². The summed E-state index contributed by atoms with van der Waals surface area (Å²) in [6.45, 7) is 6.47. The van der Waals surface area contributed by atoms with Gasteiger partial charge >= 0.3 is 17.9 Å². The minimum Gasteiger partial charge on any atom is -0.462 e. The largest absolute Gasteiger partial charge is 0.462 e. The third kappa shape index (κ3) is 52.9. The van der Waals surface area contributed by atoms with E-state index >= 15 is 0 Å². The third-order valence-electron chi connectivity index (χ3n) is 11.2. The molecule has 6 nitrogen and oxygen atoms in total. The zero-order valence-corrected chi connectivity index (χ0v) is 43.4. The second-order valence-electron chi connectivity index (χ2n) is 17.8. The number of carbonyl (C=O) groups excluding carboxylic acids is 3. The van der Waals surface area contributed by atoms with Gasteiger partial charge in [0.15, 0.2) is 6.10 Å². The predicted molar refractivity (Wildman–Crippen MR) is 288 cm³/mol. The van der Waals surface area contributed by atoms with E-state index in [0.29, 0.717) is 19.3 Å². The van der Waals surface area contributed by atoms with E-state index in [0.717, 1.165) is 122 Å². The van der Waals surface area contributed by atoms with Gasteiger partial charge in [-0.05, 0) is 128 Å². The third-order valence-corrected chi connectivity index (χ3v) is 11.2. The normalized spacial score (nSPS) is 12.5. The Bertz CT molecular complexity index is 1310. The molecule has 0 atom stereocenters. The van der Waals surface area contributed by atoms with Crippen LogP contribution in [0.15, 0.2) is 109 Å². The SMILES string of the molecule is CCCC/C=C\CCCCCCCC(=O)OC(COC(=O)CCCCC/C=C\C/C=C\C/C=C\C/C=C\CCCCC)COC(=O)CCCCC/C=C\C/C=C\C/C=C\C/C=C\CCCCC. The summed E-state index contributed by atoms with van der Waals surface area (Å²) in [7, 11) is 0. The highest BCUT2D eigenvalue weighted by atomic mass is 16.6. The van der Waals surface area contributed by atoms with E-state index in [9.17, 15) is 14.4 Å². The molecule has 0 aromatic carbocycles. The van der Waals surface area contributed by atoms with Gasteiger partial charge in [-0.15, -0.1) is 0 Å². The van der Waals surface area contributed by atoms with Gasteiger partial charge in [0.25, 0.3) is 0 Å². The monoisotopic (exact) mass is 929 g/mol. The summed E-state index contributed by atoms with van der Waals surface area (Å²) in [5.74, 6) is -0.983. The number of allylic oxidation sites excluding steroid dienone is 18. The number of rotatable bonds is 48. The van der Waals surface area contributed by atoms with E-state index in [1.54, 1.807) is 0 Å². The fourth-order valence-electron chi connectivity index (χ4n) is 7.04. The van der Waals surface area contributed by atoms with Crippen LogP contribution in [-0.4, -0.2) is 37.2 Å². The van der Waals surface area contributed by atoms with E-state index in [1.165, 1.54) is 77.0 Å². The second-order valence-corrected chi connectivity index (χ2v) is 17.8. The van der Waals surface area contributed by atoms with E-state index in [-0.39, 0.29) is 31.1 Å². The fourth-order valence-corrected chi connectivity index (χ4v) is 7.04. The summed E-state index contributed by atoms with van der Waals surface area (Å²) in [5.41, 5.74) is 0. The van der Waals surface area contributed by atoms with E-state index in [1.807, 2.05) is 0 Å². The van der Waals surface area contributed by atoms with E-state index in [4.69, 9.17) is 14.2 Å². The van der Waals surface area contributed by atoms with Gasteiger partial charge in [-0.25, -0.2) is 0 Å². The molecule has 0 aliphatic heterocycles. The van der Waals surface area contributed by atoms with Crippen molar-refractivity contribution in [1.29, 1.82) is 0 Å².